The largest absolute Gasteiger partial charge is 0.481 e. The number of fused-ring (bicyclic) bond motifs is 3. The Bertz CT molecular complexity index is 854. The van der Waals surface area contributed by atoms with E-state index in [-0.39, 0.29) is 18.0 Å². The van der Waals surface area contributed by atoms with Crippen LogP contribution >= 0.6 is 0 Å². The van der Waals surface area contributed by atoms with Crippen molar-refractivity contribution in [3.05, 3.63) is 53.6 Å². The van der Waals surface area contributed by atoms with Gasteiger partial charge in [0.05, 0.1) is 5.92 Å². The first-order valence-corrected chi connectivity index (χ1v) is 9.11. The van der Waals surface area contributed by atoms with E-state index in [0.29, 0.717) is 25.7 Å². The van der Waals surface area contributed by atoms with Crippen molar-refractivity contribution in [3.8, 4) is 11.1 Å². The number of hydrogen-bond donors (Lipinski definition) is 3. The molecule has 0 atom stereocenters. The molecule has 1 fully saturated rings. The second-order valence-corrected chi connectivity index (χ2v) is 7.19. The minimum Gasteiger partial charge on any atom is -0.481 e. The number of urea groups is 1. The third-order valence-corrected chi connectivity index (χ3v) is 5.46. The highest BCUT2D eigenvalue weighted by Crippen LogP contribution is 2.37. The fourth-order valence-electron chi connectivity index (χ4n) is 4.06. The van der Waals surface area contributed by atoms with Crippen molar-refractivity contribution >= 4 is 17.7 Å². The van der Waals surface area contributed by atoms with Gasteiger partial charge in [-0.3, -0.25) is 4.79 Å². The van der Waals surface area contributed by atoms with Gasteiger partial charge in [-0.05, 0) is 66.5 Å². The maximum absolute atomic E-state index is 12.3. The van der Waals surface area contributed by atoms with Crippen molar-refractivity contribution in [1.82, 2.24) is 5.32 Å². The molecule has 0 aromatic heterocycles. The summed E-state index contributed by atoms with van der Waals surface area (Å²) in [7, 11) is 0. The third-order valence-electron chi connectivity index (χ3n) is 5.46. The van der Waals surface area contributed by atoms with Gasteiger partial charge in [0.25, 0.3) is 0 Å². The molecule has 2 aliphatic rings. The van der Waals surface area contributed by atoms with E-state index in [1.54, 1.807) is 0 Å². The average molecular weight is 350 g/mol. The molecule has 0 radical (unpaired) electrons. The fraction of sp³-hybridized carbons (Fsp3) is 0.333. The van der Waals surface area contributed by atoms with Crippen LogP contribution in [0.5, 0.6) is 0 Å². The second-order valence-electron chi connectivity index (χ2n) is 7.19. The molecule has 0 bridgehead atoms. The van der Waals surface area contributed by atoms with Gasteiger partial charge in [0, 0.05) is 11.7 Å². The lowest BCUT2D eigenvalue weighted by atomic mass is 9.86. The van der Waals surface area contributed by atoms with E-state index >= 15 is 0 Å². The maximum atomic E-state index is 12.3. The van der Waals surface area contributed by atoms with Crippen molar-refractivity contribution < 1.29 is 14.7 Å². The molecule has 0 unspecified atom stereocenters. The van der Waals surface area contributed by atoms with Crippen LogP contribution in [-0.2, 0) is 11.2 Å². The van der Waals surface area contributed by atoms with Crippen molar-refractivity contribution in [2.24, 2.45) is 5.92 Å². The molecule has 2 amide bonds. The SMILES string of the molecule is O=C(Nc1ccc2c(c1)Cc1ccccc1-2)NC1CCC(C(=O)O)CC1. The summed E-state index contributed by atoms with van der Waals surface area (Å²) in [5.41, 5.74) is 5.84. The van der Waals surface area contributed by atoms with Crippen molar-refractivity contribution in [3.63, 3.8) is 0 Å². The quantitative estimate of drug-likeness (QED) is 0.667. The number of carbonyl (C=O) groups excluding carboxylic acids is 1. The standard InChI is InChI=1S/C21H22N2O3/c24-20(25)13-5-7-16(8-6-13)22-21(26)23-17-9-10-19-15(12-17)11-14-3-1-2-4-18(14)19/h1-4,9-10,12-13,16H,5-8,11H2,(H,24,25)(H2,22,23,26). The van der Waals surface area contributed by atoms with Crippen molar-refractivity contribution in [1.29, 1.82) is 0 Å². The lowest BCUT2D eigenvalue weighted by molar-refractivity contribution is -0.142. The number of carbonyl (C=O) groups is 2. The minimum absolute atomic E-state index is 0.0456. The monoisotopic (exact) mass is 350 g/mol. The van der Waals surface area contributed by atoms with E-state index in [2.05, 4.69) is 34.9 Å². The maximum Gasteiger partial charge on any atom is 0.319 e. The van der Waals surface area contributed by atoms with E-state index in [4.69, 9.17) is 5.11 Å². The normalized spacial score (nSPS) is 20.8. The molecular weight excluding hydrogens is 328 g/mol. The van der Waals surface area contributed by atoms with Crippen LogP contribution in [0.4, 0.5) is 10.5 Å². The van der Waals surface area contributed by atoms with Crippen LogP contribution in [0.15, 0.2) is 42.5 Å². The molecule has 0 spiro atoms. The predicted molar refractivity (Wildman–Crippen MR) is 100 cm³/mol. The first-order valence-electron chi connectivity index (χ1n) is 9.11. The van der Waals surface area contributed by atoms with Crippen LogP contribution in [0.3, 0.4) is 0 Å². The molecule has 5 nitrogen and oxygen atoms in total. The number of anilines is 1. The molecule has 134 valence electrons. The van der Waals surface area contributed by atoms with Gasteiger partial charge in [0.1, 0.15) is 0 Å². The number of nitrogens with one attached hydrogen (secondary N) is 2. The second kappa shape index (κ2) is 6.83. The van der Waals surface area contributed by atoms with Gasteiger partial charge in [-0.25, -0.2) is 4.79 Å². The molecule has 1 saturated carbocycles. The molecule has 2 aromatic carbocycles. The fourth-order valence-corrected chi connectivity index (χ4v) is 4.06. The van der Waals surface area contributed by atoms with Crippen molar-refractivity contribution in [2.45, 2.75) is 38.1 Å². The summed E-state index contributed by atoms with van der Waals surface area (Å²) in [6, 6.07) is 14.2. The topological polar surface area (TPSA) is 78.4 Å². The Hall–Kier alpha value is -2.82. The van der Waals surface area contributed by atoms with Crippen LogP contribution < -0.4 is 10.6 Å². The number of benzene rings is 2. The zero-order chi connectivity index (χ0) is 18.1. The summed E-state index contributed by atoms with van der Waals surface area (Å²) in [6.07, 6.45) is 3.56. The molecule has 26 heavy (non-hydrogen) atoms. The van der Waals surface area contributed by atoms with Gasteiger partial charge >= 0.3 is 12.0 Å². The summed E-state index contributed by atoms with van der Waals surface area (Å²) >= 11 is 0. The van der Waals surface area contributed by atoms with Crippen LogP contribution in [0, 0.1) is 5.92 Å². The van der Waals surface area contributed by atoms with Gasteiger partial charge in [-0.15, -0.1) is 0 Å². The Labute approximate surface area is 152 Å². The molecule has 2 aliphatic carbocycles. The molecule has 5 heteroatoms. The molecule has 3 N–H and O–H groups in total. The average Bonchev–Trinajstić information content (AvgIpc) is 2.99. The summed E-state index contributed by atoms with van der Waals surface area (Å²) in [5.74, 6) is -0.999. The molecule has 0 saturated heterocycles. The highest BCUT2D eigenvalue weighted by atomic mass is 16.4. The number of hydrogen-bond acceptors (Lipinski definition) is 2. The smallest absolute Gasteiger partial charge is 0.319 e. The molecule has 0 aliphatic heterocycles. The Morgan fingerprint density at radius 1 is 0.923 bits per heavy atom. The summed E-state index contributed by atoms with van der Waals surface area (Å²) in [6.45, 7) is 0. The lowest BCUT2D eigenvalue weighted by Gasteiger charge is -2.26. The summed E-state index contributed by atoms with van der Waals surface area (Å²) < 4.78 is 0. The van der Waals surface area contributed by atoms with E-state index in [1.165, 1.54) is 22.3 Å². The highest BCUT2D eigenvalue weighted by Gasteiger charge is 2.26. The molecule has 2 aromatic rings. The van der Waals surface area contributed by atoms with E-state index in [9.17, 15) is 9.59 Å². The molecule has 0 heterocycles. The van der Waals surface area contributed by atoms with Crippen LogP contribution in [0.25, 0.3) is 11.1 Å². The first-order chi connectivity index (χ1) is 12.6. The van der Waals surface area contributed by atoms with Gasteiger partial charge in [-0.1, -0.05) is 30.3 Å². The van der Waals surface area contributed by atoms with Crippen molar-refractivity contribution in [2.75, 3.05) is 5.32 Å². The molecule has 4 rings (SSSR count). The lowest BCUT2D eigenvalue weighted by Crippen LogP contribution is -2.40. The Morgan fingerprint density at radius 3 is 2.42 bits per heavy atom. The van der Waals surface area contributed by atoms with Gasteiger partial charge < -0.3 is 15.7 Å². The summed E-state index contributed by atoms with van der Waals surface area (Å²) in [5, 5.41) is 14.9. The number of carboxylic acids is 1. The zero-order valence-electron chi connectivity index (χ0n) is 14.5. The van der Waals surface area contributed by atoms with E-state index < -0.39 is 5.97 Å². The molecular formula is C21H22N2O3. The third kappa shape index (κ3) is 3.29. The van der Waals surface area contributed by atoms with Crippen LogP contribution in [0.2, 0.25) is 0 Å². The van der Waals surface area contributed by atoms with Gasteiger partial charge in [-0.2, -0.15) is 0 Å². The van der Waals surface area contributed by atoms with Crippen LogP contribution in [0.1, 0.15) is 36.8 Å². The Balaban J connectivity index is 1.36. The number of amides is 2. The van der Waals surface area contributed by atoms with Crippen LogP contribution in [-0.4, -0.2) is 23.1 Å². The Kier molecular flexibility index (Phi) is 4.37. The predicted octanol–water partition coefficient (Wildman–Crippen LogP) is 4.02. The zero-order valence-corrected chi connectivity index (χ0v) is 14.5. The number of aliphatic carboxylic acids is 1. The van der Waals surface area contributed by atoms with E-state index in [0.717, 1.165) is 12.1 Å². The van der Waals surface area contributed by atoms with E-state index in [1.807, 2.05) is 18.2 Å². The van der Waals surface area contributed by atoms with Gasteiger partial charge in [0.2, 0.25) is 0 Å². The summed E-state index contributed by atoms with van der Waals surface area (Å²) in [4.78, 5) is 23.3. The first kappa shape index (κ1) is 16.6. The highest BCUT2D eigenvalue weighted by molar-refractivity contribution is 5.90. The number of carboxylic acid groups (broad SMARTS) is 1. The number of rotatable bonds is 3. The minimum atomic E-state index is -0.730. The Morgan fingerprint density at radius 2 is 1.65 bits per heavy atom. The van der Waals surface area contributed by atoms with Gasteiger partial charge in [0.15, 0.2) is 0 Å².